The number of hydrogen-bond donors (Lipinski definition) is 0. The number of amides is 2. The minimum atomic E-state index is -0.424. The van der Waals surface area contributed by atoms with E-state index in [1.54, 1.807) is 9.80 Å². The molecule has 2 aliphatic rings. The molecule has 0 spiro atoms. The molecule has 2 heterocycles. The van der Waals surface area contributed by atoms with E-state index in [2.05, 4.69) is 6.07 Å². The molecule has 21 heavy (non-hydrogen) atoms. The predicted molar refractivity (Wildman–Crippen MR) is 76.3 cm³/mol. The average molecular weight is 293 g/mol. The van der Waals surface area contributed by atoms with Gasteiger partial charge in [-0.15, -0.1) is 0 Å². The Balaban J connectivity index is 2.02. The van der Waals surface area contributed by atoms with Crippen LogP contribution in [0.15, 0.2) is 0 Å². The highest BCUT2D eigenvalue weighted by Gasteiger charge is 2.38. The highest BCUT2D eigenvalue weighted by Crippen LogP contribution is 2.31. The van der Waals surface area contributed by atoms with E-state index >= 15 is 0 Å². The van der Waals surface area contributed by atoms with Gasteiger partial charge in [0.25, 0.3) is 0 Å². The fourth-order valence-corrected chi connectivity index (χ4v) is 3.07. The molecule has 0 radical (unpaired) electrons. The predicted octanol–water partition coefficient (Wildman–Crippen LogP) is 1.76. The molecule has 0 aromatic carbocycles. The van der Waals surface area contributed by atoms with Gasteiger partial charge in [-0.2, -0.15) is 5.26 Å². The van der Waals surface area contributed by atoms with Crippen LogP contribution >= 0.6 is 0 Å². The van der Waals surface area contributed by atoms with Gasteiger partial charge >= 0.3 is 6.09 Å². The molecule has 2 fully saturated rings. The van der Waals surface area contributed by atoms with Crippen LogP contribution in [0.2, 0.25) is 0 Å². The Morgan fingerprint density at radius 2 is 1.90 bits per heavy atom. The quantitative estimate of drug-likeness (QED) is 0.738. The molecular weight excluding hydrogens is 270 g/mol. The zero-order valence-electron chi connectivity index (χ0n) is 12.8. The first kappa shape index (κ1) is 15.6. The van der Waals surface area contributed by atoms with Crippen LogP contribution in [0.3, 0.4) is 0 Å². The molecule has 0 unspecified atom stereocenters. The molecular formula is C15H23N3O3. The van der Waals surface area contributed by atoms with Gasteiger partial charge < -0.3 is 9.64 Å². The Bertz CT molecular complexity index is 450. The van der Waals surface area contributed by atoms with Crippen molar-refractivity contribution in [1.82, 2.24) is 9.80 Å². The van der Waals surface area contributed by atoms with Gasteiger partial charge in [-0.25, -0.2) is 4.79 Å². The normalized spacial score (nSPS) is 25.1. The summed E-state index contributed by atoms with van der Waals surface area (Å²) in [7, 11) is 1.34. The number of nitrogens with zero attached hydrogens (tertiary/aromatic N) is 3. The third-order valence-corrected chi connectivity index (χ3v) is 4.65. The van der Waals surface area contributed by atoms with Crippen molar-refractivity contribution >= 4 is 12.0 Å². The Labute approximate surface area is 125 Å². The zero-order chi connectivity index (χ0) is 15.5. The van der Waals surface area contributed by atoms with Crippen molar-refractivity contribution in [3.8, 4) is 6.07 Å². The minimum absolute atomic E-state index is 0.0000831. The van der Waals surface area contributed by atoms with Crippen LogP contribution in [0, 0.1) is 16.7 Å². The lowest BCUT2D eigenvalue weighted by atomic mass is 9.82. The lowest BCUT2D eigenvalue weighted by Gasteiger charge is -2.40. The maximum atomic E-state index is 12.7. The SMILES string of the molecule is COC(=O)N1CCCC[C@@H]1C(=O)N1CCC(C)(C#N)CC1. The summed E-state index contributed by atoms with van der Waals surface area (Å²) in [6.07, 6.45) is 3.52. The number of hydrogen-bond acceptors (Lipinski definition) is 4. The largest absolute Gasteiger partial charge is 0.453 e. The number of carbonyl (C=O) groups excluding carboxylic acids is 2. The molecule has 1 atom stereocenters. The van der Waals surface area contributed by atoms with Gasteiger partial charge in [0.2, 0.25) is 5.91 Å². The molecule has 0 bridgehead atoms. The second kappa shape index (κ2) is 6.33. The van der Waals surface area contributed by atoms with E-state index in [1.165, 1.54) is 7.11 Å². The van der Waals surface area contributed by atoms with Gasteiger partial charge in [0.05, 0.1) is 18.6 Å². The number of rotatable bonds is 1. The molecule has 2 aliphatic heterocycles. The summed E-state index contributed by atoms with van der Waals surface area (Å²) in [4.78, 5) is 27.8. The number of ether oxygens (including phenoxy) is 1. The van der Waals surface area contributed by atoms with E-state index in [0.29, 0.717) is 38.9 Å². The molecule has 0 aliphatic carbocycles. The summed E-state index contributed by atoms with van der Waals surface area (Å²) in [6.45, 7) is 3.70. The van der Waals surface area contributed by atoms with Gasteiger partial charge in [-0.05, 0) is 39.0 Å². The molecule has 0 aromatic rings. The molecule has 2 amide bonds. The molecule has 0 saturated carbocycles. The smallest absolute Gasteiger partial charge is 0.410 e. The van der Waals surface area contributed by atoms with Crippen LogP contribution < -0.4 is 0 Å². The Hall–Kier alpha value is -1.77. The van der Waals surface area contributed by atoms with E-state index < -0.39 is 12.1 Å². The van der Waals surface area contributed by atoms with E-state index in [9.17, 15) is 9.59 Å². The minimum Gasteiger partial charge on any atom is -0.453 e. The van der Waals surface area contributed by atoms with E-state index in [1.807, 2.05) is 6.92 Å². The van der Waals surface area contributed by atoms with Gasteiger partial charge in [0.15, 0.2) is 0 Å². The van der Waals surface area contributed by atoms with Crippen LogP contribution in [0.25, 0.3) is 0 Å². The highest BCUT2D eigenvalue weighted by molar-refractivity contribution is 5.86. The fraction of sp³-hybridized carbons (Fsp3) is 0.800. The van der Waals surface area contributed by atoms with Crippen molar-refractivity contribution in [2.24, 2.45) is 5.41 Å². The molecule has 6 heteroatoms. The number of methoxy groups -OCH3 is 1. The van der Waals surface area contributed by atoms with Crippen molar-refractivity contribution in [2.75, 3.05) is 26.7 Å². The van der Waals surface area contributed by atoms with E-state index in [-0.39, 0.29) is 11.3 Å². The van der Waals surface area contributed by atoms with Gasteiger partial charge in [-0.3, -0.25) is 9.69 Å². The monoisotopic (exact) mass is 293 g/mol. The van der Waals surface area contributed by atoms with Crippen LogP contribution in [0.4, 0.5) is 4.79 Å². The van der Waals surface area contributed by atoms with Crippen LogP contribution in [0.5, 0.6) is 0 Å². The topological polar surface area (TPSA) is 73.6 Å². The first-order chi connectivity index (χ1) is 10.0. The lowest BCUT2D eigenvalue weighted by Crippen LogP contribution is -2.55. The fourth-order valence-electron chi connectivity index (χ4n) is 3.07. The summed E-state index contributed by atoms with van der Waals surface area (Å²) in [6, 6.07) is 1.93. The third kappa shape index (κ3) is 3.29. The van der Waals surface area contributed by atoms with Crippen LogP contribution in [-0.2, 0) is 9.53 Å². The molecule has 0 N–H and O–H groups in total. The van der Waals surface area contributed by atoms with Gasteiger partial charge in [0, 0.05) is 19.6 Å². The Morgan fingerprint density at radius 1 is 1.24 bits per heavy atom. The van der Waals surface area contributed by atoms with Crippen LogP contribution in [0.1, 0.15) is 39.0 Å². The second-order valence-corrected chi connectivity index (χ2v) is 6.17. The maximum Gasteiger partial charge on any atom is 0.410 e. The van der Waals surface area contributed by atoms with Crippen molar-refractivity contribution in [2.45, 2.75) is 45.1 Å². The molecule has 2 rings (SSSR count). The van der Waals surface area contributed by atoms with Gasteiger partial charge in [0.1, 0.15) is 6.04 Å². The number of piperidine rings is 2. The molecule has 116 valence electrons. The van der Waals surface area contributed by atoms with Gasteiger partial charge in [-0.1, -0.05) is 0 Å². The first-order valence-electron chi connectivity index (χ1n) is 7.55. The zero-order valence-corrected chi connectivity index (χ0v) is 12.8. The second-order valence-electron chi connectivity index (χ2n) is 6.17. The summed E-state index contributed by atoms with van der Waals surface area (Å²) in [5.74, 6) is 0.0000831. The molecule has 0 aromatic heterocycles. The lowest BCUT2D eigenvalue weighted by molar-refractivity contribution is -0.139. The first-order valence-corrected chi connectivity index (χ1v) is 7.55. The summed E-state index contributed by atoms with van der Waals surface area (Å²) in [5, 5.41) is 9.15. The summed E-state index contributed by atoms with van der Waals surface area (Å²) >= 11 is 0. The van der Waals surface area contributed by atoms with Crippen molar-refractivity contribution in [3.05, 3.63) is 0 Å². The molecule has 2 saturated heterocycles. The van der Waals surface area contributed by atoms with Crippen molar-refractivity contribution in [1.29, 1.82) is 5.26 Å². The number of nitriles is 1. The standard InChI is InChI=1S/C15H23N3O3/c1-15(11-16)6-9-17(10-7-15)13(19)12-5-3-4-8-18(12)14(20)21-2/h12H,3-10H2,1-2H3/t12-/m1/s1. The third-order valence-electron chi connectivity index (χ3n) is 4.65. The average Bonchev–Trinajstić information content (AvgIpc) is 2.54. The number of likely N-dealkylation sites (tertiary alicyclic amines) is 2. The summed E-state index contributed by atoms with van der Waals surface area (Å²) < 4.78 is 4.78. The van der Waals surface area contributed by atoms with Crippen molar-refractivity contribution in [3.63, 3.8) is 0 Å². The molecule has 6 nitrogen and oxygen atoms in total. The van der Waals surface area contributed by atoms with Crippen molar-refractivity contribution < 1.29 is 14.3 Å². The summed E-state index contributed by atoms with van der Waals surface area (Å²) in [5.41, 5.74) is -0.328. The Kier molecular flexibility index (Phi) is 4.71. The van der Waals surface area contributed by atoms with E-state index in [0.717, 1.165) is 12.8 Å². The maximum absolute atomic E-state index is 12.7. The van der Waals surface area contributed by atoms with E-state index in [4.69, 9.17) is 10.00 Å². The number of carbonyl (C=O) groups is 2. The van der Waals surface area contributed by atoms with Crippen LogP contribution in [-0.4, -0.2) is 54.6 Å². The Morgan fingerprint density at radius 3 is 2.48 bits per heavy atom. The highest BCUT2D eigenvalue weighted by atomic mass is 16.5.